The minimum Gasteiger partial charge on any atom is -0.396 e. The van der Waals surface area contributed by atoms with Crippen molar-refractivity contribution in [3.8, 4) is 0 Å². The molecular weight excluding hydrogens is 220 g/mol. The number of thiazole rings is 1. The van der Waals surface area contributed by atoms with Crippen molar-refractivity contribution in [2.45, 2.75) is 32.1 Å². The first kappa shape index (κ1) is 12.0. The number of piperidine rings is 1. The van der Waals surface area contributed by atoms with E-state index in [4.69, 9.17) is 5.11 Å². The van der Waals surface area contributed by atoms with E-state index in [2.05, 4.69) is 10.3 Å². The SMILES string of the molecule is CC(CO)c1cnc(CC2CCCNC2)s1. The van der Waals surface area contributed by atoms with Crippen LogP contribution in [-0.2, 0) is 6.42 Å². The quantitative estimate of drug-likeness (QED) is 0.843. The van der Waals surface area contributed by atoms with Gasteiger partial charge in [0.2, 0.25) is 0 Å². The summed E-state index contributed by atoms with van der Waals surface area (Å²) in [6.07, 6.45) is 5.63. The van der Waals surface area contributed by atoms with Gasteiger partial charge < -0.3 is 10.4 Å². The van der Waals surface area contributed by atoms with Crippen LogP contribution in [0.15, 0.2) is 6.20 Å². The molecule has 2 unspecified atom stereocenters. The Bertz CT molecular complexity index is 321. The summed E-state index contributed by atoms with van der Waals surface area (Å²) >= 11 is 1.76. The van der Waals surface area contributed by atoms with Gasteiger partial charge in [-0.2, -0.15) is 0 Å². The second-order valence-electron chi connectivity index (χ2n) is 4.66. The fourth-order valence-corrected chi connectivity index (χ4v) is 3.16. The molecule has 1 fully saturated rings. The molecule has 0 amide bonds. The summed E-state index contributed by atoms with van der Waals surface area (Å²) in [5, 5.41) is 13.7. The van der Waals surface area contributed by atoms with E-state index in [0.717, 1.165) is 18.9 Å². The molecular formula is C12H20N2OS. The van der Waals surface area contributed by atoms with Gasteiger partial charge in [0.05, 0.1) is 11.6 Å². The lowest BCUT2D eigenvalue weighted by molar-refractivity contribution is 0.274. The molecule has 0 saturated carbocycles. The average molecular weight is 240 g/mol. The number of aromatic nitrogens is 1. The van der Waals surface area contributed by atoms with E-state index in [1.165, 1.54) is 29.3 Å². The highest BCUT2D eigenvalue weighted by Gasteiger charge is 2.16. The van der Waals surface area contributed by atoms with Gasteiger partial charge in [-0.15, -0.1) is 11.3 Å². The normalized spacial score (nSPS) is 23.2. The molecule has 1 aromatic heterocycles. The summed E-state index contributed by atoms with van der Waals surface area (Å²) < 4.78 is 0. The highest BCUT2D eigenvalue weighted by Crippen LogP contribution is 2.25. The van der Waals surface area contributed by atoms with E-state index >= 15 is 0 Å². The lowest BCUT2D eigenvalue weighted by Gasteiger charge is -2.21. The van der Waals surface area contributed by atoms with Crippen molar-refractivity contribution in [2.24, 2.45) is 5.92 Å². The van der Waals surface area contributed by atoms with Crippen molar-refractivity contribution >= 4 is 11.3 Å². The second kappa shape index (κ2) is 5.75. The minimum atomic E-state index is 0.215. The Balaban J connectivity index is 1.91. The first-order chi connectivity index (χ1) is 7.79. The number of aliphatic hydroxyl groups is 1. The molecule has 2 N–H and O–H groups in total. The van der Waals surface area contributed by atoms with Crippen LogP contribution < -0.4 is 5.32 Å². The fraction of sp³-hybridized carbons (Fsp3) is 0.750. The maximum Gasteiger partial charge on any atom is 0.0931 e. The zero-order valence-electron chi connectivity index (χ0n) is 9.78. The van der Waals surface area contributed by atoms with Crippen molar-refractivity contribution < 1.29 is 5.11 Å². The lowest BCUT2D eigenvalue weighted by atomic mass is 9.97. The smallest absolute Gasteiger partial charge is 0.0931 e. The Morgan fingerprint density at radius 3 is 3.25 bits per heavy atom. The molecule has 90 valence electrons. The number of rotatable bonds is 4. The van der Waals surface area contributed by atoms with Gasteiger partial charge in [0.1, 0.15) is 0 Å². The van der Waals surface area contributed by atoms with E-state index < -0.39 is 0 Å². The van der Waals surface area contributed by atoms with Gasteiger partial charge in [-0.1, -0.05) is 6.92 Å². The zero-order chi connectivity index (χ0) is 11.4. The minimum absolute atomic E-state index is 0.215. The van der Waals surface area contributed by atoms with Gasteiger partial charge in [0.25, 0.3) is 0 Å². The van der Waals surface area contributed by atoms with Crippen LogP contribution in [0.1, 0.15) is 35.6 Å². The topological polar surface area (TPSA) is 45.2 Å². The molecule has 1 aromatic rings. The van der Waals surface area contributed by atoms with Gasteiger partial charge >= 0.3 is 0 Å². The standard InChI is InChI=1S/C12H20N2OS/c1-9(8-15)11-7-14-12(16-11)5-10-3-2-4-13-6-10/h7,9-10,13,15H,2-6,8H2,1H3. The third-order valence-electron chi connectivity index (χ3n) is 3.19. The third kappa shape index (κ3) is 3.03. The molecule has 16 heavy (non-hydrogen) atoms. The summed E-state index contributed by atoms with van der Waals surface area (Å²) in [4.78, 5) is 5.67. The van der Waals surface area contributed by atoms with Gasteiger partial charge in [-0.05, 0) is 31.8 Å². The van der Waals surface area contributed by atoms with E-state index in [1.54, 1.807) is 11.3 Å². The highest BCUT2D eigenvalue weighted by atomic mass is 32.1. The molecule has 3 nitrogen and oxygen atoms in total. The molecule has 2 atom stereocenters. The highest BCUT2D eigenvalue weighted by molar-refractivity contribution is 7.11. The average Bonchev–Trinajstić information content (AvgIpc) is 2.78. The maximum atomic E-state index is 9.09. The monoisotopic (exact) mass is 240 g/mol. The Hall–Kier alpha value is -0.450. The lowest BCUT2D eigenvalue weighted by Crippen LogP contribution is -2.30. The van der Waals surface area contributed by atoms with Crippen LogP contribution >= 0.6 is 11.3 Å². The van der Waals surface area contributed by atoms with Crippen LogP contribution in [-0.4, -0.2) is 29.8 Å². The molecule has 1 aliphatic rings. The molecule has 0 aromatic carbocycles. The summed E-state index contributed by atoms with van der Waals surface area (Å²) in [5.41, 5.74) is 0. The predicted octanol–water partition coefficient (Wildman–Crippen LogP) is 1.78. The number of nitrogens with zero attached hydrogens (tertiary/aromatic N) is 1. The molecule has 4 heteroatoms. The number of aliphatic hydroxyl groups excluding tert-OH is 1. The zero-order valence-corrected chi connectivity index (χ0v) is 10.6. The number of hydrogen-bond acceptors (Lipinski definition) is 4. The van der Waals surface area contributed by atoms with E-state index in [1.807, 2.05) is 13.1 Å². The second-order valence-corrected chi connectivity index (χ2v) is 5.80. The van der Waals surface area contributed by atoms with E-state index in [9.17, 15) is 0 Å². The van der Waals surface area contributed by atoms with Crippen molar-refractivity contribution in [3.63, 3.8) is 0 Å². The first-order valence-electron chi connectivity index (χ1n) is 6.05. The van der Waals surface area contributed by atoms with Crippen molar-refractivity contribution in [2.75, 3.05) is 19.7 Å². The molecule has 2 rings (SSSR count). The molecule has 1 aliphatic heterocycles. The van der Waals surface area contributed by atoms with Crippen LogP contribution in [0.25, 0.3) is 0 Å². The molecule has 0 radical (unpaired) electrons. The molecule has 0 aliphatic carbocycles. The van der Waals surface area contributed by atoms with Gasteiger partial charge in [0, 0.05) is 23.4 Å². The van der Waals surface area contributed by atoms with Gasteiger partial charge in [-0.3, -0.25) is 0 Å². The first-order valence-corrected chi connectivity index (χ1v) is 6.87. The van der Waals surface area contributed by atoms with Crippen LogP contribution in [0.2, 0.25) is 0 Å². The van der Waals surface area contributed by atoms with Crippen LogP contribution in [0, 0.1) is 5.92 Å². The Kier molecular flexibility index (Phi) is 4.32. The number of hydrogen-bond donors (Lipinski definition) is 2. The van der Waals surface area contributed by atoms with Gasteiger partial charge in [0.15, 0.2) is 0 Å². The van der Waals surface area contributed by atoms with Crippen molar-refractivity contribution in [1.82, 2.24) is 10.3 Å². The third-order valence-corrected chi connectivity index (χ3v) is 4.44. The summed E-state index contributed by atoms with van der Waals surface area (Å²) in [6.45, 7) is 4.55. The van der Waals surface area contributed by atoms with Crippen molar-refractivity contribution in [1.29, 1.82) is 0 Å². The molecule has 0 bridgehead atoms. The predicted molar refractivity (Wildman–Crippen MR) is 66.9 cm³/mol. The Morgan fingerprint density at radius 2 is 2.56 bits per heavy atom. The van der Waals surface area contributed by atoms with Crippen LogP contribution in [0.3, 0.4) is 0 Å². The van der Waals surface area contributed by atoms with E-state index in [-0.39, 0.29) is 12.5 Å². The van der Waals surface area contributed by atoms with Crippen LogP contribution in [0.4, 0.5) is 0 Å². The summed E-state index contributed by atoms with van der Waals surface area (Å²) in [5.74, 6) is 0.980. The Labute approximate surface area is 101 Å². The summed E-state index contributed by atoms with van der Waals surface area (Å²) in [7, 11) is 0. The van der Waals surface area contributed by atoms with Crippen molar-refractivity contribution in [3.05, 3.63) is 16.1 Å². The summed E-state index contributed by atoms with van der Waals surface area (Å²) in [6, 6.07) is 0. The molecule has 0 spiro atoms. The van der Waals surface area contributed by atoms with Gasteiger partial charge in [-0.25, -0.2) is 4.98 Å². The molecule has 2 heterocycles. The number of nitrogens with one attached hydrogen (secondary N) is 1. The largest absolute Gasteiger partial charge is 0.396 e. The molecule has 1 saturated heterocycles. The Morgan fingerprint density at radius 1 is 1.69 bits per heavy atom. The fourth-order valence-electron chi connectivity index (χ4n) is 2.08. The van der Waals surface area contributed by atoms with E-state index in [0.29, 0.717) is 0 Å². The maximum absolute atomic E-state index is 9.09. The van der Waals surface area contributed by atoms with Crippen LogP contribution in [0.5, 0.6) is 0 Å².